The summed E-state index contributed by atoms with van der Waals surface area (Å²) < 4.78 is 17.4. The van der Waals surface area contributed by atoms with Gasteiger partial charge < -0.3 is 9.47 Å². The van der Waals surface area contributed by atoms with Gasteiger partial charge in [-0.2, -0.15) is 0 Å². The van der Waals surface area contributed by atoms with Gasteiger partial charge in [-0.15, -0.1) is 11.6 Å². The molecule has 0 aliphatic rings. The van der Waals surface area contributed by atoms with Gasteiger partial charge in [0.2, 0.25) is 0 Å². The maximum absolute atomic E-state index is 7.29. The third kappa shape index (κ3) is 1.83. The Morgan fingerprint density at radius 3 is 2.50 bits per heavy atom. The van der Waals surface area contributed by atoms with E-state index in [0.717, 1.165) is 0 Å². The summed E-state index contributed by atoms with van der Waals surface area (Å²) in [7, 11) is 3.12. The van der Waals surface area contributed by atoms with Gasteiger partial charge in [0.05, 0.1) is 14.2 Å². The molecule has 66 valence electrons. The van der Waals surface area contributed by atoms with Crippen molar-refractivity contribution in [1.29, 1.82) is 0 Å². The van der Waals surface area contributed by atoms with E-state index in [2.05, 4.69) is 0 Å². The van der Waals surface area contributed by atoms with Crippen LogP contribution in [-0.2, 0) is 5.86 Å². The largest absolute Gasteiger partial charge is 0.493 e. The van der Waals surface area contributed by atoms with E-state index in [-0.39, 0.29) is 0 Å². The number of ether oxygens (including phenoxy) is 2. The Morgan fingerprint density at radius 2 is 2.00 bits per heavy atom. The molecule has 0 aromatic heterocycles. The normalized spacial score (nSPS) is 13.4. The molecule has 0 spiro atoms. The van der Waals surface area contributed by atoms with Crippen molar-refractivity contribution in [2.75, 3.05) is 14.2 Å². The Bertz CT molecular complexity index is 289. The minimum absolute atomic E-state index is 0.595. The monoisotopic (exact) mass is 187 g/mol. The maximum Gasteiger partial charge on any atom is 0.161 e. The van der Waals surface area contributed by atoms with Crippen LogP contribution in [0.4, 0.5) is 0 Å². The highest BCUT2D eigenvalue weighted by atomic mass is 35.5. The summed E-state index contributed by atoms with van der Waals surface area (Å²) in [6.07, 6.45) is 0. The third-order valence-electron chi connectivity index (χ3n) is 1.53. The first-order chi connectivity index (χ1) is 6.19. The van der Waals surface area contributed by atoms with E-state index >= 15 is 0 Å². The zero-order chi connectivity index (χ0) is 9.84. The Hall–Kier alpha value is -0.890. The molecule has 0 saturated heterocycles. The molecule has 0 aliphatic heterocycles. The van der Waals surface area contributed by atoms with Crippen molar-refractivity contribution in [3.05, 3.63) is 23.8 Å². The molecule has 0 fully saturated rings. The van der Waals surface area contributed by atoms with E-state index < -0.39 is 5.86 Å². The summed E-state index contributed by atoms with van der Waals surface area (Å²) in [5.41, 5.74) is 0.694. The highest BCUT2D eigenvalue weighted by Crippen LogP contribution is 2.27. The molecule has 0 N–H and O–H groups in total. The van der Waals surface area contributed by atoms with Gasteiger partial charge in [0.1, 0.15) is 0 Å². The van der Waals surface area contributed by atoms with Gasteiger partial charge in [-0.3, -0.25) is 0 Å². The molecule has 12 heavy (non-hydrogen) atoms. The van der Waals surface area contributed by atoms with Gasteiger partial charge in [-0.25, -0.2) is 0 Å². The number of methoxy groups -OCH3 is 2. The lowest BCUT2D eigenvalue weighted by atomic mass is 10.2. The minimum atomic E-state index is -0.764. The average Bonchev–Trinajstić information content (AvgIpc) is 2.16. The molecule has 0 radical (unpaired) electrons. The number of benzene rings is 1. The van der Waals surface area contributed by atoms with Crippen LogP contribution in [-0.4, -0.2) is 14.2 Å². The van der Waals surface area contributed by atoms with Crippen LogP contribution in [0.3, 0.4) is 0 Å². The molecular weight excluding hydrogens is 176 g/mol. The lowest BCUT2D eigenvalue weighted by Gasteiger charge is -2.07. The van der Waals surface area contributed by atoms with Crippen molar-refractivity contribution >= 4 is 11.6 Å². The maximum atomic E-state index is 7.29. The molecule has 0 saturated carbocycles. The summed E-state index contributed by atoms with van der Waals surface area (Å²) in [6, 6.07) is 5.17. The first-order valence-corrected chi connectivity index (χ1v) is 3.91. The zero-order valence-corrected chi connectivity index (χ0v) is 7.76. The van der Waals surface area contributed by atoms with Crippen molar-refractivity contribution in [2.24, 2.45) is 0 Å². The number of rotatable bonds is 3. The van der Waals surface area contributed by atoms with E-state index in [0.29, 0.717) is 17.1 Å². The lowest BCUT2D eigenvalue weighted by molar-refractivity contribution is 0.354. The fraction of sp³-hybridized carbons (Fsp3) is 0.333. The second-order valence-corrected chi connectivity index (χ2v) is 2.44. The second kappa shape index (κ2) is 4.21. The molecule has 0 aliphatic carbocycles. The SMILES string of the molecule is [2H]C(Cl)c1ccc(OC)c(OC)c1. The highest BCUT2D eigenvalue weighted by molar-refractivity contribution is 6.17. The first kappa shape index (κ1) is 7.74. The van der Waals surface area contributed by atoms with Gasteiger partial charge in [0.15, 0.2) is 11.5 Å². The van der Waals surface area contributed by atoms with Crippen molar-refractivity contribution in [3.63, 3.8) is 0 Å². The highest BCUT2D eigenvalue weighted by Gasteiger charge is 2.02. The predicted molar refractivity (Wildman–Crippen MR) is 49.1 cm³/mol. The van der Waals surface area contributed by atoms with Crippen LogP contribution in [0.25, 0.3) is 0 Å². The Morgan fingerprint density at radius 1 is 1.33 bits per heavy atom. The smallest absolute Gasteiger partial charge is 0.161 e. The van der Waals surface area contributed by atoms with Crippen LogP contribution >= 0.6 is 11.6 Å². The van der Waals surface area contributed by atoms with E-state index in [1.807, 2.05) is 0 Å². The number of hydrogen-bond acceptors (Lipinski definition) is 2. The Balaban J connectivity index is 3.05. The van der Waals surface area contributed by atoms with Crippen molar-refractivity contribution in [3.8, 4) is 11.5 Å². The molecule has 0 heterocycles. The van der Waals surface area contributed by atoms with Crippen LogP contribution < -0.4 is 9.47 Å². The van der Waals surface area contributed by atoms with Gasteiger partial charge in [-0.05, 0) is 17.7 Å². The molecule has 1 aromatic carbocycles. The lowest BCUT2D eigenvalue weighted by Crippen LogP contribution is -1.91. The van der Waals surface area contributed by atoms with Crippen LogP contribution in [0.15, 0.2) is 18.2 Å². The van der Waals surface area contributed by atoms with E-state index in [4.69, 9.17) is 22.4 Å². The molecule has 1 rings (SSSR count). The number of halogens is 1. The van der Waals surface area contributed by atoms with Crippen molar-refractivity contribution in [2.45, 2.75) is 5.86 Å². The van der Waals surface area contributed by atoms with Gasteiger partial charge >= 0.3 is 0 Å². The standard InChI is InChI=1S/C9H11ClO2/c1-11-8-4-3-7(6-10)5-9(8)12-2/h3-5H,6H2,1-2H3/i6D. The van der Waals surface area contributed by atoms with Crippen LogP contribution in [0.2, 0.25) is 0 Å². The average molecular weight is 188 g/mol. The fourth-order valence-corrected chi connectivity index (χ4v) is 1.06. The van der Waals surface area contributed by atoms with E-state index in [1.54, 1.807) is 32.4 Å². The summed E-state index contributed by atoms with van der Waals surface area (Å²) in [5, 5.41) is 0. The number of hydrogen-bond donors (Lipinski definition) is 0. The summed E-state index contributed by atoms with van der Waals surface area (Å²) in [6.45, 7) is 0. The molecule has 0 amide bonds. The van der Waals surface area contributed by atoms with Crippen LogP contribution in [0.5, 0.6) is 11.5 Å². The minimum Gasteiger partial charge on any atom is -0.493 e. The summed E-state index contributed by atoms with van der Waals surface area (Å²) >= 11 is 5.60. The first-order valence-electron chi connectivity index (χ1n) is 4.05. The van der Waals surface area contributed by atoms with Crippen molar-refractivity contribution < 1.29 is 10.8 Å². The summed E-state index contributed by atoms with van der Waals surface area (Å²) in [4.78, 5) is 0. The zero-order valence-electron chi connectivity index (χ0n) is 8.00. The fourth-order valence-electron chi connectivity index (χ4n) is 0.921. The second-order valence-electron chi connectivity index (χ2n) is 2.22. The van der Waals surface area contributed by atoms with Gasteiger partial charge in [-0.1, -0.05) is 6.07 Å². The van der Waals surface area contributed by atoms with Crippen LogP contribution in [0, 0.1) is 0 Å². The quantitative estimate of drug-likeness (QED) is 0.677. The molecular formula is C9H11ClO2. The van der Waals surface area contributed by atoms with Crippen LogP contribution in [0.1, 0.15) is 6.93 Å². The molecule has 0 bridgehead atoms. The van der Waals surface area contributed by atoms with E-state index in [9.17, 15) is 0 Å². The Kier molecular flexibility index (Phi) is 2.72. The van der Waals surface area contributed by atoms with Gasteiger partial charge in [0.25, 0.3) is 0 Å². The third-order valence-corrected chi connectivity index (χ3v) is 1.79. The van der Waals surface area contributed by atoms with Gasteiger partial charge in [0, 0.05) is 7.23 Å². The molecule has 1 atom stereocenters. The van der Waals surface area contributed by atoms with E-state index in [1.165, 1.54) is 0 Å². The predicted octanol–water partition coefficient (Wildman–Crippen LogP) is 2.44. The Labute approximate surface area is 78.5 Å². The molecule has 1 aromatic rings. The summed E-state index contributed by atoms with van der Waals surface area (Å²) in [5.74, 6) is 0.473. The van der Waals surface area contributed by atoms with Crippen molar-refractivity contribution in [1.82, 2.24) is 0 Å². The number of alkyl halides is 1. The molecule has 2 nitrogen and oxygen atoms in total. The molecule has 1 unspecified atom stereocenters. The topological polar surface area (TPSA) is 18.5 Å². The molecule has 3 heteroatoms.